The lowest BCUT2D eigenvalue weighted by molar-refractivity contribution is -0.0374. The van der Waals surface area contributed by atoms with Gasteiger partial charge >= 0.3 is 0 Å². The van der Waals surface area contributed by atoms with Crippen LogP contribution in [0.3, 0.4) is 0 Å². The minimum atomic E-state index is -0.414. The van der Waals surface area contributed by atoms with E-state index in [4.69, 9.17) is 9.47 Å². The highest BCUT2D eigenvalue weighted by molar-refractivity contribution is 4.71. The highest BCUT2D eigenvalue weighted by atomic mass is 16.5. The first-order valence-corrected chi connectivity index (χ1v) is 5.67. The Kier molecular flexibility index (Phi) is 7.14. The van der Waals surface area contributed by atoms with E-state index < -0.39 is 6.10 Å². The summed E-state index contributed by atoms with van der Waals surface area (Å²) in [6.45, 7) is 12.5. The van der Waals surface area contributed by atoms with Gasteiger partial charge in [-0.3, -0.25) is 0 Å². The molecule has 0 aromatic heterocycles. The fourth-order valence-corrected chi connectivity index (χ4v) is 0.882. The van der Waals surface area contributed by atoms with Crippen molar-refractivity contribution in [2.45, 2.75) is 40.7 Å². The number of hydrogen-bond donors (Lipinski definition) is 1. The molecule has 3 heteroatoms. The van der Waals surface area contributed by atoms with Crippen molar-refractivity contribution in [3.8, 4) is 0 Å². The van der Waals surface area contributed by atoms with Crippen molar-refractivity contribution in [2.75, 3.05) is 26.4 Å². The molecular formula is C12H26O3. The molecule has 92 valence electrons. The maximum atomic E-state index is 9.66. The van der Waals surface area contributed by atoms with Gasteiger partial charge in [0, 0.05) is 6.61 Å². The van der Waals surface area contributed by atoms with Gasteiger partial charge in [-0.15, -0.1) is 0 Å². The Balaban J connectivity index is 3.32. The topological polar surface area (TPSA) is 38.7 Å². The molecular weight excluding hydrogens is 192 g/mol. The Bertz CT molecular complexity index is 149. The van der Waals surface area contributed by atoms with E-state index in [9.17, 15) is 5.11 Å². The van der Waals surface area contributed by atoms with Gasteiger partial charge < -0.3 is 14.6 Å². The molecule has 0 aromatic carbocycles. The predicted molar refractivity (Wildman–Crippen MR) is 61.9 cm³/mol. The van der Waals surface area contributed by atoms with Crippen LogP contribution in [0, 0.1) is 11.3 Å². The second-order valence-corrected chi connectivity index (χ2v) is 5.43. The van der Waals surface area contributed by atoms with Gasteiger partial charge in [-0.25, -0.2) is 0 Å². The van der Waals surface area contributed by atoms with E-state index in [0.29, 0.717) is 25.7 Å². The zero-order chi connectivity index (χ0) is 11.9. The average molecular weight is 218 g/mol. The van der Waals surface area contributed by atoms with Gasteiger partial charge in [-0.2, -0.15) is 0 Å². The van der Waals surface area contributed by atoms with Crippen molar-refractivity contribution in [2.24, 2.45) is 11.3 Å². The van der Waals surface area contributed by atoms with Crippen LogP contribution in [0.4, 0.5) is 0 Å². The van der Waals surface area contributed by atoms with E-state index >= 15 is 0 Å². The zero-order valence-electron chi connectivity index (χ0n) is 10.7. The smallest absolute Gasteiger partial charge is 0.0821 e. The maximum absolute atomic E-state index is 9.66. The molecule has 0 aromatic rings. The van der Waals surface area contributed by atoms with Crippen LogP contribution >= 0.6 is 0 Å². The fraction of sp³-hybridized carbons (Fsp3) is 1.00. The van der Waals surface area contributed by atoms with Gasteiger partial charge in [-0.1, -0.05) is 34.6 Å². The molecule has 0 saturated carbocycles. The Morgan fingerprint density at radius 1 is 1.00 bits per heavy atom. The van der Waals surface area contributed by atoms with E-state index in [1.807, 2.05) is 20.8 Å². The van der Waals surface area contributed by atoms with Crippen LogP contribution in [0.25, 0.3) is 0 Å². The first-order valence-electron chi connectivity index (χ1n) is 5.67. The van der Waals surface area contributed by atoms with Gasteiger partial charge in [0.05, 0.1) is 25.9 Å². The van der Waals surface area contributed by atoms with E-state index in [0.717, 1.165) is 6.61 Å². The average Bonchev–Trinajstić information content (AvgIpc) is 2.08. The van der Waals surface area contributed by atoms with Gasteiger partial charge in [0.15, 0.2) is 0 Å². The fourth-order valence-electron chi connectivity index (χ4n) is 0.882. The third-order valence-electron chi connectivity index (χ3n) is 2.10. The van der Waals surface area contributed by atoms with Gasteiger partial charge in [0.2, 0.25) is 0 Å². The summed E-state index contributed by atoms with van der Waals surface area (Å²) in [5.74, 6) is 0.560. The molecule has 1 atom stereocenters. The highest BCUT2D eigenvalue weighted by Gasteiger charge is 2.21. The van der Waals surface area contributed by atoms with Crippen molar-refractivity contribution >= 4 is 0 Å². The number of aliphatic hydroxyl groups excluding tert-OH is 1. The SMILES string of the molecule is CC(C)COCCOCC(O)C(C)(C)C. The van der Waals surface area contributed by atoms with E-state index in [1.54, 1.807) is 0 Å². The molecule has 0 aliphatic rings. The third-order valence-corrected chi connectivity index (χ3v) is 2.10. The monoisotopic (exact) mass is 218 g/mol. The molecule has 0 rings (SSSR count). The van der Waals surface area contributed by atoms with Crippen molar-refractivity contribution in [1.29, 1.82) is 0 Å². The molecule has 3 nitrogen and oxygen atoms in total. The Hall–Kier alpha value is -0.120. The van der Waals surface area contributed by atoms with Crippen LogP contribution in [-0.2, 0) is 9.47 Å². The molecule has 0 aliphatic heterocycles. The van der Waals surface area contributed by atoms with Gasteiger partial charge in [-0.05, 0) is 11.3 Å². The quantitative estimate of drug-likeness (QED) is 0.665. The highest BCUT2D eigenvalue weighted by Crippen LogP contribution is 2.18. The van der Waals surface area contributed by atoms with Crippen LogP contribution in [0.1, 0.15) is 34.6 Å². The Labute approximate surface area is 93.8 Å². The number of rotatable bonds is 7. The molecule has 1 unspecified atom stereocenters. The second kappa shape index (κ2) is 7.20. The molecule has 15 heavy (non-hydrogen) atoms. The van der Waals surface area contributed by atoms with Crippen LogP contribution in [0.15, 0.2) is 0 Å². The van der Waals surface area contributed by atoms with E-state index in [2.05, 4.69) is 13.8 Å². The summed E-state index contributed by atoms with van der Waals surface area (Å²) in [6, 6.07) is 0. The molecule has 0 bridgehead atoms. The van der Waals surface area contributed by atoms with Crippen molar-refractivity contribution in [3.05, 3.63) is 0 Å². The molecule has 0 saturated heterocycles. The second-order valence-electron chi connectivity index (χ2n) is 5.43. The molecule has 0 aliphatic carbocycles. The zero-order valence-corrected chi connectivity index (χ0v) is 10.7. The summed E-state index contributed by atoms with van der Waals surface area (Å²) in [5.41, 5.74) is -0.112. The third kappa shape index (κ3) is 8.85. The summed E-state index contributed by atoms with van der Waals surface area (Å²) >= 11 is 0. The van der Waals surface area contributed by atoms with Crippen molar-refractivity contribution in [1.82, 2.24) is 0 Å². The Morgan fingerprint density at radius 2 is 1.47 bits per heavy atom. The molecule has 1 N–H and O–H groups in total. The summed E-state index contributed by atoms with van der Waals surface area (Å²) in [6.07, 6.45) is -0.414. The maximum Gasteiger partial charge on any atom is 0.0821 e. The molecule has 0 spiro atoms. The van der Waals surface area contributed by atoms with E-state index in [1.165, 1.54) is 0 Å². The Morgan fingerprint density at radius 3 is 1.87 bits per heavy atom. The summed E-state index contributed by atoms with van der Waals surface area (Å²) in [4.78, 5) is 0. The first-order chi connectivity index (χ1) is 6.84. The molecule has 0 amide bonds. The summed E-state index contributed by atoms with van der Waals surface area (Å²) < 4.78 is 10.7. The predicted octanol–water partition coefficient (Wildman–Crippen LogP) is 2.08. The first kappa shape index (κ1) is 14.9. The van der Waals surface area contributed by atoms with E-state index in [-0.39, 0.29) is 5.41 Å². The lowest BCUT2D eigenvalue weighted by Crippen LogP contribution is -2.31. The lowest BCUT2D eigenvalue weighted by atomic mass is 9.90. The lowest BCUT2D eigenvalue weighted by Gasteiger charge is -2.25. The molecule has 0 radical (unpaired) electrons. The van der Waals surface area contributed by atoms with Crippen LogP contribution < -0.4 is 0 Å². The minimum absolute atomic E-state index is 0.112. The largest absolute Gasteiger partial charge is 0.390 e. The number of hydrogen-bond acceptors (Lipinski definition) is 3. The van der Waals surface area contributed by atoms with Crippen LogP contribution in [-0.4, -0.2) is 37.6 Å². The van der Waals surface area contributed by atoms with Crippen molar-refractivity contribution < 1.29 is 14.6 Å². The van der Waals surface area contributed by atoms with Gasteiger partial charge in [0.1, 0.15) is 0 Å². The number of aliphatic hydroxyl groups is 1. The van der Waals surface area contributed by atoms with Crippen LogP contribution in [0.2, 0.25) is 0 Å². The normalized spacial score (nSPS) is 14.6. The minimum Gasteiger partial charge on any atom is -0.390 e. The number of ether oxygens (including phenoxy) is 2. The van der Waals surface area contributed by atoms with Crippen LogP contribution in [0.5, 0.6) is 0 Å². The standard InChI is InChI=1S/C12H26O3/c1-10(2)8-14-6-7-15-9-11(13)12(3,4)5/h10-11,13H,6-9H2,1-5H3. The molecule has 0 heterocycles. The van der Waals surface area contributed by atoms with Crippen molar-refractivity contribution in [3.63, 3.8) is 0 Å². The summed E-state index contributed by atoms with van der Waals surface area (Å²) in [5, 5.41) is 9.66. The molecule has 0 fully saturated rings. The summed E-state index contributed by atoms with van der Waals surface area (Å²) in [7, 11) is 0. The van der Waals surface area contributed by atoms with Gasteiger partial charge in [0.25, 0.3) is 0 Å².